The maximum absolute atomic E-state index is 12.5. The topological polar surface area (TPSA) is 46.3 Å². The minimum atomic E-state index is -4.58. The average Bonchev–Trinajstić information content (AvgIpc) is 2.81. The quantitative estimate of drug-likeness (QED) is 0.860. The Morgan fingerprint density at radius 2 is 1.95 bits per heavy atom. The van der Waals surface area contributed by atoms with Gasteiger partial charge in [0.1, 0.15) is 16.4 Å². The molecule has 2 aromatic rings. The third kappa shape index (κ3) is 2.59. The van der Waals surface area contributed by atoms with Gasteiger partial charge in [-0.25, -0.2) is 4.98 Å². The molecule has 19 heavy (non-hydrogen) atoms. The summed E-state index contributed by atoms with van der Waals surface area (Å²) >= 11 is 5.74. The number of hydrogen-bond donors (Lipinski definition) is 1. The maximum atomic E-state index is 12.5. The number of pyridine rings is 1. The Balaban J connectivity index is 2.47. The van der Waals surface area contributed by atoms with E-state index < -0.39 is 22.6 Å². The Labute approximate surface area is 111 Å². The van der Waals surface area contributed by atoms with Gasteiger partial charge in [0.2, 0.25) is 0 Å². The van der Waals surface area contributed by atoms with E-state index in [-0.39, 0.29) is 5.56 Å². The van der Waals surface area contributed by atoms with Crippen LogP contribution in [0.25, 0.3) is 0 Å². The third-order valence-corrected chi connectivity index (χ3v) is 3.04. The minimum absolute atomic E-state index is 0.0727. The van der Waals surface area contributed by atoms with Crippen LogP contribution in [0.1, 0.15) is 23.7 Å². The zero-order chi connectivity index (χ0) is 14.3. The van der Waals surface area contributed by atoms with E-state index in [0.29, 0.717) is 5.56 Å². The Morgan fingerprint density at radius 3 is 2.42 bits per heavy atom. The number of halogens is 4. The second-order valence-electron chi connectivity index (χ2n) is 4.12. The molecule has 0 saturated heterocycles. The molecule has 0 aromatic carbocycles. The summed E-state index contributed by atoms with van der Waals surface area (Å²) < 4.78 is 42.2. The predicted molar refractivity (Wildman–Crippen MR) is 61.6 cm³/mol. The van der Waals surface area contributed by atoms with Gasteiger partial charge in [0, 0.05) is 11.1 Å². The first kappa shape index (κ1) is 13.9. The molecule has 2 heterocycles. The number of furan rings is 1. The molecule has 7 heteroatoms. The van der Waals surface area contributed by atoms with Crippen molar-refractivity contribution in [2.75, 3.05) is 0 Å². The number of aliphatic hydroxyl groups is 1. The second kappa shape index (κ2) is 4.54. The summed E-state index contributed by atoms with van der Waals surface area (Å²) in [6.45, 7) is 1.40. The standard InChI is InChI=1S/C12H9ClF3NO2/c1-11(18,7-4-5-19-6-7)8-2-3-9(12(14,15)16)17-10(8)13/h2-6,18H,1H3. The summed E-state index contributed by atoms with van der Waals surface area (Å²) in [4.78, 5) is 3.27. The molecule has 0 fully saturated rings. The molecular formula is C12H9ClF3NO2. The lowest BCUT2D eigenvalue weighted by Crippen LogP contribution is -2.23. The monoisotopic (exact) mass is 291 g/mol. The summed E-state index contributed by atoms with van der Waals surface area (Å²) in [6, 6.07) is 3.37. The van der Waals surface area contributed by atoms with Crippen LogP contribution in [0.4, 0.5) is 13.2 Å². The van der Waals surface area contributed by atoms with Gasteiger partial charge in [-0.3, -0.25) is 0 Å². The van der Waals surface area contributed by atoms with Crippen molar-refractivity contribution in [2.45, 2.75) is 18.7 Å². The average molecular weight is 292 g/mol. The molecule has 1 unspecified atom stereocenters. The first-order valence-electron chi connectivity index (χ1n) is 5.22. The molecule has 2 aromatic heterocycles. The molecule has 0 amide bonds. The molecular weight excluding hydrogens is 283 g/mol. The number of nitrogens with zero attached hydrogens (tertiary/aromatic N) is 1. The highest BCUT2D eigenvalue weighted by Gasteiger charge is 2.35. The zero-order valence-electron chi connectivity index (χ0n) is 9.70. The zero-order valence-corrected chi connectivity index (χ0v) is 10.5. The van der Waals surface area contributed by atoms with Crippen LogP contribution in [-0.2, 0) is 11.8 Å². The summed E-state index contributed by atoms with van der Waals surface area (Å²) in [7, 11) is 0. The van der Waals surface area contributed by atoms with Crippen molar-refractivity contribution in [3.8, 4) is 0 Å². The molecule has 102 valence electrons. The van der Waals surface area contributed by atoms with Gasteiger partial charge in [-0.05, 0) is 19.1 Å². The van der Waals surface area contributed by atoms with E-state index in [4.69, 9.17) is 16.0 Å². The molecule has 0 aliphatic heterocycles. The van der Waals surface area contributed by atoms with Gasteiger partial charge >= 0.3 is 6.18 Å². The van der Waals surface area contributed by atoms with Crippen molar-refractivity contribution in [3.63, 3.8) is 0 Å². The van der Waals surface area contributed by atoms with Crippen LogP contribution >= 0.6 is 11.6 Å². The summed E-state index contributed by atoms with van der Waals surface area (Å²) in [6.07, 6.45) is -1.95. The van der Waals surface area contributed by atoms with Crippen molar-refractivity contribution < 1.29 is 22.7 Å². The van der Waals surface area contributed by atoms with E-state index in [1.807, 2.05) is 0 Å². The van der Waals surface area contributed by atoms with Gasteiger partial charge in [0.25, 0.3) is 0 Å². The highest BCUT2D eigenvalue weighted by atomic mass is 35.5. The SMILES string of the molecule is CC(O)(c1ccoc1)c1ccc(C(F)(F)F)nc1Cl. The van der Waals surface area contributed by atoms with Crippen LogP contribution in [0, 0.1) is 0 Å². The third-order valence-electron chi connectivity index (χ3n) is 2.75. The van der Waals surface area contributed by atoms with Crippen LogP contribution in [0.15, 0.2) is 35.1 Å². The Bertz CT molecular complexity index is 579. The molecule has 1 atom stereocenters. The summed E-state index contributed by atoms with van der Waals surface area (Å²) in [5.41, 5.74) is -2.25. The van der Waals surface area contributed by atoms with Crippen LogP contribution in [-0.4, -0.2) is 10.1 Å². The highest BCUT2D eigenvalue weighted by molar-refractivity contribution is 6.30. The fraction of sp³-hybridized carbons (Fsp3) is 0.250. The van der Waals surface area contributed by atoms with Gasteiger partial charge in [-0.2, -0.15) is 13.2 Å². The number of aromatic nitrogens is 1. The molecule has 2 rings (SSSR count). The fourth-order valence-corrected chi connectivity index (χ4v) is 1.99. The smallest absolute Gasteiger partial charge is 0.433 e. The Morgan fingerprint density at radius 1 is 1.26 bits per heavy atom. The van der Waals surface area contributed by atoms with Crippen molar-refractivity contribution in [2.24, 2.45) is 0 Å². The Kier molecular flexibility index (Phi) is 3.32. The molecule has 0 aliphatic rings. The van der Waals surface area contributed by atoms with Crippen molar-refractivity contribution in [3.05, 3.63) is 52.7 Å². The van der Waals surface area contributed by atoms with E-state index in [1.165, 1.54) is 25.5 Å². The van der Waals surface area contributed by atoms with E-state index in [0.717, 1.165) is 12.1 Å². The molecule has 0 saturated carbocycles. The lowest BCUT2D eigenvalue weighted by atomic mass is 9.91. The normalized spacial score (nSPS) is 15.3. The van der Waals surface area contributed by atoms with E-state index in [1.54, 1.807) is 0 Å². The molecule has 0 aliphatic carbocycles. The lowest BCUT2D eigenvalue weighted by Gasteiger charge is -2.23. The van der Waals surface area contributed by atoms with Crippen LogP contribution in [0.5, 0.6) is 0 Å². The minimum Gasteiger partial charge on any atom is -0.472 e. The Hall–Kier alpha value is -1.53. The molecule has 3 nitrogen and oxygen atoms in total. The van der Waals surface area contributed by atoms with Gasteiger partial charge < -0.3 is 9.52 Å². The van der Waals surface area contributed by atoms with Crippen molar-refractivity contribution in [1.82, 2.24) is 4.98 Å². The second-order valence-corrected chi connectivity index (χ2v) is 4.47. The molecule has 0 radical (unpaired) electrons. The van der Waals surface area contributed by atoms with Gasteiger partial charge in [0.15, 0.2) is 0 Å². The van der Waals surface area contributed by atoms with E-state index in [9.17, 15) is 18.3 Å². The first-order chi connectivity index (χ1) is 8.73. The highest BCUT2D eigenvalue weighted by Crippen LogP contribution is 2.36. The van der Waals surface area contributed by atoms with Crippen molar-refractivity contribution >= 4 is 11.6 Å². The fourth-order valence-electron chi connectivity index (χ4n) is 1.65. The van der Waals surface area contributed by atoms with Crippen molar-refractivity contribution in [1.29, 1.82) is 0 Å². The molecule has 0 bridgehead atoms. The van der Waals surface area contributed by atoms with Crippen LogP contribution in [0.3, 0.4) is 0 Å². The largest absolute Gasteiger partial charge is 0.472 e. The number of hydrogen-bond acceptors (Lipinski definition) is 3. The van der Waals surface area contributed by atoms with Crippen LogP contribution in [0.2, 0.25) is 5.15 Å². The first-order valence-corrected chi connectivity index (χ1v) is 5.60. The molecule has 0 spiro atoms. The molecule has 1 N–H and O–H groups in total. The van der Waals surface area contributed by atoms with Gasteiger partial charge in [0.05, 0.1) is 12.5 Å². The maximum Gasteiger partial charge on any atom is 0.433 e. The summed E-state index contributed by atoms with van der Waals surface area (Å²) in [5, 5.41) is 9.95. The number of rotatable bonds is 2. The van der Waals surface area contributed by atoms with Gasteiger partial charge in [-0.1, -0.05) is 17.7 Å². The van der Waals surface area contributed by atoms with E-state index >= 15 is 0 Å². The lowest BCUT2D eigenvalue weighted by molar-refractivity contribution is -0.141. The van der Waals surface area contributed by atoms with Gasteiger partial charge in [-0.15, -0.1) is 0 Å². The van der Waals surface area contributed by atoms with E-state index in [2.05, 4.69) is 4.98 Å². The number of alkyl halides is 3. The summed E-state index contributed by atoms with van der Waals surface area (Å²) in [5.74, 6) is 0. The predicted octanol–water partition coefficient (Wildman–Crippen LogP) is 3.60. The van der Waals surface area contributed by atoms with Crippen LogP contribution < -0.4 is 0 Å².